The summed E-state index contributed by atoms with van der Waals surface area (Å²) in [6.07, 6.45) is 3.23. The summed E-state index contributed by atoms with van der Waals surface area (Å²) in [7, 11) is 5.89. The van der Waals surface area contributed by atoms with E-state index < -0.39 is 0 Å². The molecule has 0 aromatic heterocycles. The van der Waals surface area contributed by atoms with Crippen LogP contribution in [0.3, 0.4) is 0 Å². The molecule has 1 aliphatic rings. The minimum atomic E-state index is 0. The topological polar surface area (TPSA) is 58.1 Å². The van der Waals surface area contributed by atoms with Gasteiger partial charge in [-0.25, -0.2) is 0 Å². The standard InChI is InChI=1S/C20H34N4O2.HI/c1-21-20(23-15-17-5-7-19(8-6-17)24(2)3)22-11-4-12-26-16-18-9-13-25-14-10-18;/h5-8,18H,4,9-16H2,1-3H3,(H2,21,22,23);1H. The van der Waals surface area contributed by atoms with Crippen LogP contribution in [0.1, 0.15) is 24.8 Å². The molecule has 1 aliphatic heterocycles. The number of aliphatic imine (C=N–C) groups is 1. The smallest absolute Gasteiger partial charge is 0.191 e. The van der Waals surface area contributed by atoms with E-state index in [4.69, 9.17) is 9.47 Å². The van der Waals surface area contributed by atoms with E-state index in [-0.39, 0.29) is 24.0 Å². The molecule has 1 saturated heterocycles. The van der Waals surface area contributed by atoms with Crippen molar-refractivity contribution < 1.29 is 9.47 Å². The molecule has 1 heterocycles. The number of hydrogen-bond donors (Lipinski definition) is 2. The van der Waals surface area contributed by atoms with Gasteiger partial charge in [-0.3, -0.25) is 4.99 Å². The normalized spacial score (nSPS) is 15.1. The van der Waals surface area contributed by atoms with Crippen molar-refractivity contribution in [3.05, 3.63) is 29.8 Å². The lowest BCUT2D eigenvalue weighted by Crippen LogP contribution is -2.37. The molecule has 1 aromatic carbocycles. The third-order valence-corrected chi connectivity index (χ3v) is 4.59. The Kier molecular flexibility index (Phi) is 12.4. The fourth-order valence-electron chi connectivity index (χ4n) is 2.86. The Morgan fingerprint density at radius 3 is 2.52 bits per heavy atom. The van der Waals surface area contributed by atoms with E-state index >= 15 is 0 Å². The second-order valence-corrected chi connectivity index (χ2v) is 6.90. The van der Waals surface area contributed by atoms with Gasteiger partial charge in [-0.2, -0.15) is 0 Å². The highest BCUT2D eigenvalue weighted by Gasteiger charge is 2.13. The van der Waals surface area contributed by atoms with Gasteiger partial charge in [-0.1, -0.05) is 12.1 Å². The molecule has 2 N–H and O–H groups in total. The summed E-state index contributed by atoms with van der Waals surface area (Å²) in [5, 5.41) is 6.69. The lowest BCUT2D eigenvalue weighted by Gasteiger charge is -2.21. The summed E-state index contributed by atoms with van der Waals surface area (Å²) in [5.74, 6) is 1.50. The molecule has 0 amide bonds. The Balaban J connectivity index is 0.00000364. The number of ether oxygens (including phenoxy) is 2. The molecule has 0 aliphatic carbocycles. The van der Waals surface area contributed by atoms with Gasteiger partial charge in [-0.05, 0) is 42.9 Å². The van der Waals surface area contributed by atoms with Crippen LogP contribution in [0, 0.1) is 5.92 Å². The van der Waals surface area contributed by atoms with Gasteiger partial charge in [0, 0.05) is 66.3 Å². The zero-order valence-corrected chi connectivity index (χ0v) is 19.2. The van der Waals surface area contributed by atoms with Gasteiger partial charge < -0.3 is 25.0 Å². The number of halogens is 1. The van der Waals surface area contributed by atoms with Gasteiger partial charge in [0.15, 0.2) is 5.96 Å². The SMILES string of the molecule is CN=C(NCCCOCC1CCOCC1)NCc1ccc(N(C)C)cc1.I. The number of nitrogens with zero attached hydrogens (tertiary/aromatic N) is 2. The summed E-state index contributed by atoms with van der Waals surface area (Å²) in [6.45, 7) is 5.03. The summed E-state index contributed by atoms with van der Waals surface area (Å²) in [6, 6.07) is 8.53. The molecule has 27 heavy (non-hydrogen) atoms. The van der Waals surface area contributed by atoms with E-state index in [1.807, 2.05) is 14.1 Å². The molecule has 0 bridgehead atoms. The number of nitrogens with one attached hydrogen (secondary N) is 2. The van der Waals surface area contributed by atoms with Crippen LogP contribution < -0.4 is 15.5 Å². The highest BCUT2D eigenvalue weighted by atomic mass is 127. The summed E-state index contributed by atoms with van der Waals surface area (Å²) >= 11 is 0. The zero-order valence-electron chi connectivity index (χ0n) is 16.9. The van der Waals surface area contributed by atoms with Gasteiger partial charge in [0.2, 0.25) is 0 Å². The van der Waals surface area contributed by atoms with Crippen molar-refractivity contribution in [3.8, 4) is 0 Å². The Bertz CT molecular complexity index is 531. The lowest BCUT2D eigenvalue weighted by molar-refractivity contribution is 0.0203. The molecule has 2 rings (SSSR count). The third-order valence-electron chi connectivity index (χ3n) is 4.59. The van der Waals surface area contributed by atoms with E-state index in [1.165, 1.54) is 11.3 Å². The first-order chi connectivity index (χ1) is 12.7. The first-order valence-corrected chi connectivity index (χ1v) is 9.55. The molecule has 1 fully saturated rings. The second-order valence-electron chi connectivity index (χ2n) is 6.90. The van der Waals surface area contributed by atoms with Crippen molar-refractivity contribution in [2.75, 3.05) is 59.0 Å². The van der Waals surface area contributed by atoms with E-state index in [2.05, 4.69) is 44.8 Å². The Labute approximate surface area is 181 Å². The van der Waals surface area contributed by atoms with Gasteiger partial charge >= 0.3 is 0 Å². The molecule has 0 saturated carbocycles. The molecule has 0 atom stereocenters. The van der Waals surface area contributed by atoms with Crippen LogP contribution in [0.15, 0.2) is 29.3 Å². The van der Waals surface area contributed by atoms with E-state index in [0.717, 1.165) is 64.7 Å². The van der Waals surface area contributed by atoms with Gasteiger partial charge in [0.25, 0.3) is 0 Å². The predicted molar refractivity (Wildman–Crippen MR) is 123 cm³/mol. The van der Waals surface area contributed by atoms with Crippen molar-refractivity contribution >= 4 is 35.6 Å². The molecule has 0 spiro atoms. The molecule has 0 unspecified atom stereocenters. The average Bonchev–Trinajstić information content (AvgIpc) is 2.68. The molecule has 154 valence electrons. The summed E-state index contributed by atoms with van der Waals surface area (Å²) in [4.78, 5) is 6.37. The number of guanidine groups is 1. The first-order valence-electron chi connectivity index (χ1n) is 9.55. The van der Waals surface area contributed by atoms with E-state index in [1.54, 1.807) is 7.05 Å². The number of benzene rings is 1. The van der Waals surface area contributed by atoms with E-state index in [9.17, 15) is 0 Å². The highest BCUT2D eigenvalue weighted by molar-refractivity contribution is 14.0. The third kappa shape index (κ3) is 9.62. The Hall–Kier alpha value is -1.06. The molecule has 6 nitrogen and oxygen atoms in total. The quantitative estimate of drug-likeness (QED) is 0.241. The van der Waals surface area contributed by atoms with Crippen molar-refractivity contribution in [1.82, 2.24) is 10.6 Å². The second kappa shape index (κ2) is 14.0. The maximum atomic E-state index is 5.79. The van der Waals surface area contributed by atoms with Gasteiger partial charge in [0.1, 0.15) is 0 Å². The van der Waals surface area contributed by atoms with Crippen LogP contribution in [0.2, 0.25) is 0 Å². The fraction of sp³-hybridized carbons (Fsp3) is 0.650. The Morgan fingerprint density at radius 1 is 1.19 bits per heavy atom. The maximum Gasteiger partial charge on any atom is 0.191 e. The van der Waals surface area contributed by atoms with Gasteiger partial charge in [0.05, 0.1) is 0 Å². The lowest BCUT2D eigenvalue weighted by atomic mass is 10.0. The Morgan fingerprint density at radius 2 is 1.89 bits per heavy atom. The van der Waals surface area contributed by atoms with Crippen molar-refractivity contribution in [2.45, 2.75) is 25.8 Å². The molecule has 0 radical (unpaired) electrons. The van der Waals surface area contributed by atoms with Crippen LogP contribution in [0.4, 0.5) is 5.69 Å². The van der Waals surface area contributed by atoms with Crippen LogP contribution >= 0.6 is 24.0 Å². The molecule has 7 heteroatoms. The minimum absolute atomic E-state index is 0. The maximum absolute atomic E-state index is 5.79. The summed E-state index contributed by atoms with van der Waals surface area (Å²) in [5.41, 5.74) is 2.44. The van der Waals surface area contributed by atoms with E-state index in [0.29, 0.717) is 5.92 Å². The summed E-state index contributed by atoms with van der Waals surface area (Å²) < 4.78 is 11.2. The fourth-order valence-corrected chi connectivity index (χ4v) is 2.86. The molecular weight excluding hydrogens is 455 g/mol. The minimum Gasteiger partial charge on any atom is -0.381 e. The van der Waals surface area contributed by atoms with Gasteiger partial charge in [-0.15, -0.1) is 24.0 Å². The monoisotopic (exact) mass is 490 g/mol. The van der Waals surface area contributed by atoms with Crippen molar-refractivity contribution in [1.29, 1.82) is 0 Å². The van der Waals surface area contributed by atoms with Crippen LogP contribution in [-0.4, -0.2) is 60.1 Å². The highest BCUT2D eigenvalue weighted by Crippen LogP contribution is 2.14. The number of anilines is 1. The molecule has 1 aromatic rings. The molecular formula is C20H35IN4O2. The zero-order chi connectivity index (χ0) is 18.6. The number of rotatable bonds is 9. The number of hydrogen-bond acceptors (Lipinski definition) is 4. The van der Waals surface area contributed by atoms with Crippen LogP contribution in [0.25, 0.3) is 0 Å². The first kappa shape index (κ1) is 24.0. The largest absolute Gasteiger partial charge is 0.381 e. The van der Waals surface area contributed by atoms with Crippen molar-refractivity contribution in [3.63, 3.8) is 0 Å². The van der Waals surface area contributed by atoms with Crippen molar-refractivity contribution in [2.24, 2.45) is 10.9 Å². The average molecular weight is 490 g/mol. The predicted octanol–water partition coefficient (Wildman–Crippen LogP) is 2.87. The van der Waals surface area contributed by atoms with Crippen LogP contribution in [0.5, 0.6) is 0 Å². The van der Waals surface area contributed by atoms with Crippen LogP contribution in [-0.2, 0) is 16.0 Å².